The molecule has 4 heterocycles. The van der Waals surface area contributed by atoms with Crippen molar-refractivity contribution >= 4 is 39.8 Å². The Kier molecular flexibility index (Phi) is 6.84. The largest absolute Gasteiger partial charge is 0.444 e. The average Bonchev–Trinajstić information content (AvgIpc) is 3.29. The zero-order chi connectivity index (χ0) is 29.8. The number of ether oxygens (including phenoxy) is 1. The van der Waals surface area contributed by atoms with Crippen LogP contribution in [0.3, 0.4) is 0 Å². The van der Waals surface area contributed by atoms with E-state index in [1.54, 1.807) is 40.1 Å². The highest BCUT2D eigenvalue weighted by atomic mass is 32.1. The molecule has 0 spiro atoms. The van der Waals surface area contributed by atoms with Crippen LogP contribution >= 0.6 is 11.3 Å². The van der Waals surface area contributed by atoms with Gasteiger partial charge in [-0.25, -0.2) is 14.3 Å². The fourth-order valence-corrected chi connectivity index (χ4v) is 6.21. The molecule has 0 bridgehead atoms. The topological polar surface area (TPSA) is 93.8 Å². The molecule has 9 nitrogen and oxygen atoms in total. The molecule has 1 aromatic carbocycles. The molecule has 1 saturated carbocycles. The van der Waals surface area contributed by atoms with E-state index in [9.17, 15) is 9.59 Å². The predicted octanol–water partition coefficient (Wildman–Crippen LogP) is 6.82. The van der Waals surface area contributed by atoms with Gasteiger partial charge in [0, 0.05) is 47.2 Å². The lowest BCUT2D eigenvalue weighted by molar-refractivity contribution is 0.0285. The van der Waals surface area contributed by atoms with Gasteiger partial charge in [0.2, 0.25) is 0 Å². The summed E-state index contributed by atoms with van der Waals surface area (Å²) in [6, 6.07) is 15.9. The van der Waals surface area contributed by atoms with Crippen LogP contribution in [0.4, 0.5) is 10.6 Å². The number of carbonyl (C=O) groups is 1. The lowest BCUT2D eigenvalue weighted by Crippen LogP contribution is -2.33. The quantitative estimate of drug-likeness (QED) is 0.226. The normalized spacial score (nSPS) is 15.1. The third-order valence-electron chi connectivity index (χ3n) is 7.72. The lowest BCUT2D eigenvalue weighted by atomic mass is 10.1. The maximum atomic E-state index is 13.0. The third-order valence-corrected chi connectivity index (χ3v) is 9.02. The molecule has 1 aliphatic rings. The van der Waals surface area contributed by atoms with E-state index >= 15 is 0 Å². The molecule has 0 aliphatic heterocycles. The Morgan fingerprint density at radius 3 is 2.69 bits per heavy atom. The highest BCUT2D eigenvalue weighted by Gasteiger charge is 2.40. The van der Waals surface area contributed by atoms with Gasteiger partial charge in [0.05, 0.1) is 23.1 Å². The van der Waals surface area contributed by atoms with E-state index in [2.05, 4.69) is 42.5 Å². The van der Waals surface area contributed by atoms with Crippen molar-refractivity contribution < 1.29 is 9.53 Å². The van der Waals surface area contributed by atoms with Gasteiger partial charge in [0.25, 0.3) is 5.56 Å². The van der Waals surface area contributed by atoms with Crippen molar-refractivity contribution in [3.8, 4) is 10.4 Å². The minimum absolute atomic E-state index is 0.0247. The molecule has 1 amide bonds. The van der Waals surface area contributed by atoms with Crippen LogP contribution in [0.15, 0.2) is 65.7 Å². The summed E-state index contributed by atoms with van der Waals surface area (Å²) < 4.78 is 9.12. The molecule has 0 saturated heterocycles. The van der Waals surface area contributed by atoms with E-state index in [0.29, 0.717) is 12.2 Å². The fourth-order valence-electron chi connectivity index (χ4n) is 5.14. The van der Waals surface area contributed by atoms with E-state index < -0.39 is 5.60 Å². The third kappa shape index (κ3) is 5.38. The summed E-state index contributed by atoms with van der Waals surface area (Å²) >= 11 is 1.71. The Morgan fingerprint density at radius 2 is 1.95 bits per heavy atom. The minimum atomic E-state index is -0.549. The number of rotatable bonds is 7. The first-order valence-corrected chi connectivity index (χ1v) is 15.0. The zero-order valence-electron chi connectivity index (χ0n) is 24.8. The Morgan fingerprint density at radius 1 is 1.19 bits per heavy atom. The fraction of sp³-hybridized carbons (Fsp3) is 0.375. The van der Waals surface area contributed by atoms with Gasteiger partial charge in [-0.2, -0.15) is 5.10 Å². The Balaban J connectivity index is 1.29. The molecule has 4 aromatic heterocycles. The summed E-state index contributed by atoms with van der Waals surface area (Å²) in [4.78, 5) is 34.4. The first-order chi connectivity index (χ1) is 19.9. The van der Waals surface area contributed by atoms with Gasteiger partial charge in [-0.3, -0.25) is 4.79 Å². The van der Waals surface area contributed by atoms with Crippen LogP contribution in [-0.2, 0) is 16.8 Å². The molecule has 218 valence electrons. The highest BCUT2D eigenvalue weighted by molar-refractivity contribution is 7.15. The summed E-state index contributed by atoms with van der Waals surface area (Å²) in [5.41, 5.74) is 2.84. The molecule has 5 aromatic rings. The molecule has 1 N–H and O–H groups in total. The summed E-state index contributed by atoms with van der Waals surface area (Å²) in [6.45, 7) is 10.3. The van der Waals surface area contributed by atoms with Crippen molar-refractivity contribution in [2.75, 3.05) is 12.4 Å². The van der Waals surface area contributed by atoms with Crippen LogP contribution in [-0.4, -0.2) is 42.8 Å². The Hall–Kier alpha value is -4.18. The lowest BCUT2D eigenvalue weighted by Gasteiger charge is -2.25. The number of fused-ring (bicyclic) bond motifs is 3. The molecule has 1 aliphatic carbocycles. The molecule has 42 heavy (non-hydrogen) atoms. The Labute approximate surface area is 248 Å². The van der Waals surface area contributed by atoms with E-state index in [1.807, 2.05) is 55.8 Å². The number of nitrogens with zero attached hydrogens (tertiary/aromatic N) is 5. The number of pyridine rings is 1. The van der Waals surface area contributed by atoms with Crippen molar-refractivity contribution in [1.29, 1.82) is 0 Å². The van der Waals surface area contributed by atoms with E-state index in [4.69, 9.17) is 9.72 Å². The molecule has 1 atom stereocenters. The monoisotopic (exact) mass is 584 g/mol. The molecular formula is C32H36N6O3S. The maximum Gasteiger partial charge on any atom is 0.410 e. The predicted molar refractivity (Wildman–Crippen MR) is 167 cm³/mol. The van der Waals surface area contributed by atoms with Gasteiger partial charge in [-0.05, 0) is 70.7 Å². The molecule has 6 rings (SSSR count). The van der Waals surface area contributed by atoms with Crippen molar-refractivity contribution in [2.24, 2.45) is 0 Å². The van der Waals surface area contributed by atoms with Crippen molar-refractivity contribution in [2.45, 2.75) is 71.2 Å². The number of thiophene rings is 1. The van der Waals surface area contributed by atoms with Gasteiger partial charge in [-0.15, -0.1) is 11.3 Å². The van der Waals surface area contributed by atoms with Crippen molar-refractivity contribution in [3.05, 3.63) is 81.7 Å². The van der Waals surface area contributed by atoms with Gasteiger partial charge in [-0.1, -0.05) is 24.3 Å². The zero-order valence-corrected chi connectivity index (χ0v) is 25.7. The van der Waals surface area contributed by atoms with Crippen LogP contribution in [0.1, 0.15) is 63.9 Å². The van der Waals surface area contributed by atoms with E-state index in [-0.39, 0.29) is 23.2 Å². The number of hydrogen-bond acceptors (Lipinski definition) is 7. The van der Waals surface area contributed by atoms with Gasteiger partial charge >= 0.3 is 6.09 Å². The summed E-state index contributed by atoms with van der Waals surface area (Å²) in [6.07, 6.45) is 5.26. The van der Waals surface area contributed by atoms with Crippen LogP contribution in [0.2, 0.25) is 0 Å². The van der Waals surface area contributed by atoms with Gasteiger partial charge < -0.3 is 19.5 Å². The molecule has 10 heteroatoms. The minimum Gasteiger partial charge on any atom is -0.444 e. The number of aromatic nitrogens is 4. The smallest absolute Gasteiger partial charge is 0.410 e. The maximum absolute atomic E-state index is 13.0. The average molecular weight is 585 g/mol. The SMILES string of the molecule is C[C@@H](Nc1nc2ccnn2c2cc(=O)n(C3(C)CC3)cc12)c1ccc(-c2ccccc2CN(C)C(=O)OC(C)(C)C)s1. The van der Waals surface area contributed by atoms with Crippen LogP contribution < -0.4 is 10.9 Å². The number of anilines is 1. The summed E-state index contributed by atoms with van der Waals surface area (Å²) in [5, 5.41) is 8.90. The second-order valence-corrected chi connectivity index (χ2v) is 13.5. The Bertz CT molecular complexity index is 1860. The van der Waals surface area contributed by atoms with Crippen LogP contribution in [0, 0.1) is 0 Å². The van der Waals surface area contributed by atoms with E-state index in [1.165, 1.54) is 0 Å². The van der Waals surface area contributed by atoms with Crippen molar-refractivity contribution in [1.82, 2.24) is 24.1 Å². The van der Waals surface area contributed by atoms with Gasteiger partial charge in [0.1, 0.15) is 11.4 Å². The van der Waals surface area contributed by atoms with E-state index in [0.717, 1.165) is 50.4 Å². The summed E-state index contributed by atoms with van der Waals surface area (Å²) in [5.74, 6) is 0.720. The molecular weight excluding hydrogens is 548 g/mol. The first kappa shape index (κ1) is 28.0. The number of carbonyl (C=O) groups excluding carboxylic acids is 1. The molecule has 0 unspecified atom stereocenters. The van der Waals surface area contributed by atoms with Crippen molar-refractivity contribution in [3.63, 3.8) is 0 Å². The molecule has 1 fully saturated rings. The second kappa shape index (κ2) is 10.3. The summed E-state index contributed by atoms with van der Waals surface area (Å²) in [7, 11) is 1.76. The standard InChI is InChI=1S/C32H36N6O3S/c1-20(25-11-12-26(42-25)22-10-8-7-9-21(22)18-36(6)30(40)41-31(2,3)4)34-29-23-19-37(32(5)14-15-32)28(39)17-24(23)38-27(35-29)13-16-33-38/h7-13,16-17,19-20H,14-15,18H2,1-6H3,(H,34,35)/t20-/m1/s1. The number of nitrogens with one attached hydrogen (secondary N) is 1. The number of amides is 1. The number of hydrogen-bond donors (Lipinski definition) is 1. The molecule has 0 radical (unpaired) electrons. The first-order valence-electron chi connectivity index (χ1n) is 14.2. The second-order valence-electron chi connectivity index (χ2n) is 12.4. The van der Waals surface area contributed by atoms with Crippen LogP contribution in [0.5, 0.6) is 0 Å². The van der Waals surface area contributed by atoms with Crippen LogP contribution in [0.25, 0.3) is 27.0 Å². The highest BCUT2D eigenvalue weighted by Crippen LogP contribution is 2.42. The van der Waals surface area contributed by atoms with Gasteiger partial charge in [0.15, 0.2) is 5.65 Å². The number of benzene rings is 1.